The fourth-order valence-electron chi connectivity index (χ4n) is 1.95. The monoisotopic (exact) mass is 300 g/mol. The van der Waals surface area contributed by atoms with E-state index in [9.17, 15) is 4.79 Å². The molecule has 3 N–H and O–H groups in total. The van der Waals surface area contributed by atoms with E-state index >= 15 is 0 Å². The molecule has 0 aliphatic carbocycles. The molecule has 0 spiro atoms. The Hall–Kier alpha value is -1.26. The summed E-state index contributed by atoms with van der Waals surface area (Å²) < 4.78 is 5.14. The van der Waals surface area contributed by atoms with Gasteiger partial charge in [0.25, 0.3) is 0 Å². The van der Waals surface area contributed by atoms with Crippen molar-refractivity contribution in [3.63, 3.8) is 0 Å². The van der Waals surface area contributed by atoms with Crippen LogP contribution >= 0.6 is 12.4 Å². The molecule has 1 aromatic rings. The number of ether oxygens (including phenoxy) is 1. The number of amides is 1. The summed E-state index contributed by atoms with van der Waals surface area (Å²) in [5, 5.41) is 2.98. The normalized spacial score (nSPS) is 11.3. The van der Waals surface area contributed by atoms with E-state index in [1.807, 2.05) is 24.3 Å². The van der Waals surface area contributed by atoms with Crippen LogP contribution < -0.4 is 15.8 Å². The second-order valence-corrected chi connectivity index (χ2v) is 4.67. The Morgan fingerprint density at radius 3 is 2.80 bits per heavy atom. The lowest BCUT2D eigenvalue weighted by Gasteiger charge is -2.16. The molecular formula is C15H25ClN2O2. The van der Waals surface area contributed by atoms with Gasteiger partial charge in [0.2, 0.25) is 5.91 Å². The maximum atomic E-state index is 11.9. The van der Waals surface area contributed by atoms with Gasteiger partial charge in [0.1, 0.15) is 5.75 Å². The number of unbranched alkanes of at least 4 members (excludes halogenated alkanes) is 1. The number of nitrogens with one attached hydrogen (secondary N) is 1. The van der Waals surface area contributed by atoms with Crippen molar-refractivity contribution in [2.24, 2.45) is 5.73 Å². The Bertz CT molecular complexity index is 399. The van der Waals surface area contributed by atoms with Crippen LogP contribution in [0.4, 0.5) is 0 Å². The number of hydrogen-bond acceptors (Lipinski definition) is 3. The minimum Gasteiger partial charge on any atom is -0.497 e. The fraction of sp³-hybridized carbons (Fsp3) is 0.533. The molecule has 1 amide bonds. The molecule has 0 heterocycles. The quantitative estimate of drug-likeness (QED) is 0.774. The van der Waals surface area contributed by atoms with Crippen LogP contribution in [0.3, 0.4) is 0 Å². The summed E-state index contributed by atoms with van der Waals surface area (Å²) in [4.78, 5) is 11.9. The molecule has 0 saturated carbocycles. The topological polar surface area (TPSA) is 64.3 Å². The highest BCUT2D eigenvalue weighted by molar-refractivity contribution is 5.85. The lowest BCUT2D eigenvalue weighted by atomic mass is 10.1. The average Bonchev–Trinajstić information content (AvgIpc) is 2.43. The molecule has 0 aliphatic rings. The van der Waals surface area contributed by atoms with Gasteiger partial charge in [0.05, 0.1) is 13.5 Å². The first-order chi connectivity index (χ1) is 9.19. The van der Waals surface area contributed by atoms with Gasteiger partial charge in [-0.3, -0.25) is 4.79 Å². The van der Waals surface area contributed by atoms with Crippen LogP contribution in [0.5, 0.6) is 5.75 Å². The van der Waals surface area contributed by atoms with Gasteiger partial charge < -0.3 is 15.8 Å². The summed E-state index contributed by atoms with van der Waals surface area (Å²) in [6, 6.07) is 7.64. The lowest BCUT2D eigenvalue weighted by molar-refractivity contribution is -0.121. The number of nitrogens with two attached hydrogens (primary N) is 1. The summed E-state index contributed by atoms with van der Waals surface area (Å²) in [7, 11) is 1.62. The highest BCUT2D eigenvalue weighted by Crippen LogP contribution is 2.13. The average molecular weight is 301 g/mol. The fourth-order valence-corrected chi connectivity index (χ4v) is 1.95. The van der Waals surface area contributed by atoms with E-state index in [1.165, 1.54) is 0 Å². The van der Waals surface area contributed by atoms with Crippen molar-refractivity contribution in [2.75, 3.05) is 13.7 Å². The second kappa shape index (κ2) is 10.5. The van der Waals surface area contributed by atoms with Crippen LogP contribution in [0, 0.1) is 0 Å². The van der Waals surface area contributed by atoms with Crippen molar-refractivity contribution in [3.05, 3.63) is 29.8 Å². The molecule has 5 heteroatoms. The van der Waals surface area contributed by atoms with Crippen LogP contribution in [0.2, 0.25) is 0 Å². The number of rotatable bonds is 8. The van der Waals surface area contributed by atoms with Crippen molar-refractivity contribution in [1.29, 1.82) is 0 Å². The first-order valence-electron chi connectivity index (χ1n) is 6.82. The maximum Gasteiger partial charge on any atom is 0.224 e. The molecule has 0 aromatic heterocycles. The SMILES string of the molecule is CCCCC(CN)NC(=O)Cc1cccc(OC)c1.Cl. The molecule has 0 aliphatic heterocycles. The molecule has 0 radical (unpaired) electrons. The van der Waals surface area contributed by atoms with Gasteiger partial charge in [-0.05, 0) is 24.1 Å². The van der Waals surface area contributed by atoms with E-state index in [2.05, 4.69) is 12.2 Å². The van der Waals surface area contributed by atoms with E-state index in [0.717, 1.165) is 30.6 Å². The second-order valence-electron chi connectivity index (χ2n) is 4.67. The Labute approximate surface area is 127 Å². The first-order valence-corrected chi connectivity index (χ1v) is 6.82. The van der Waals surface area contributed by atoms with Crippen LogP contribution in [0.25, 0.3) is 0 Å². The minimum absolute atomic E-state index is 0. The predicted molar refractivity (Wildman–Crippen MR) is 84.5 cm³/mol. The van der Waals surface area contributed by atoms with Crippen molar-refractivity contribution in [2.45, 2.75) is 38.6 Å². The van der Waals surface area contributed by atoms with Crippen molar-refractivity contribution in [3.8, 4) is 5.75 Å². The molecule has 114 valence electrons. The van der Waals surface area contributed by atoms with Crippen LogP contribution in [0.1, 0.15) is 31.7 Å². The summed E-state index contributed by atoms with van der Waals surface area (Å²) in [5.41, 5.74) is 6.61. The number of carbonyl (C=O) groups excluding carboxylic acids is 1. The highest BCUT2D eigenvalue weighted by Gasteiger charge is 2.10. The number of hydrogen-bond donors (Lipinski definition) is 2. The number of carbonyl (C=O) groups is 1. The third-order valence-corrected chi connectivity index (χ3v) is 3.05. The van der Waals surface area contributed by atoms with Crippen molar-refractivity contribution < 1.29 is 9.53 Å². The van der Waals surface area contributed by atoms with Gasteiger partial charge in [0.15, 0.2) is 0 Å². The van der Waals surface area contributed by atoms with Crippen molar-refractivity contribution in [1.82, 2.24) is 5.32 Å². The third kappa shape index (κ3) is 6.78. The zero-order valence-electron chi connectivity index (χ0n) is 12.2. The molecular weight excluding hydrogens is 276 g/mol. The number of benzene rings is 1. The van der Waals surface area contributed by atoms with Gasteiger partial charge in [-0.25, -0.2) is 0 Å². The zero-order chi connectivity index (χ0) is 14.1. The largest absolute Gasteiger partial charge is 0.497 e. The molecule has 1 aromatic carbocycles. The number of methoxy groups -OCH3 is 1. The Kier molecular flexibility index (Phi) is 9.86. The Morgan fingerprint density at radius 1 is 1.45 bits per heavy atom. The standard InChI is InChI=1S/C15H24N2O2.ClH/c1-3-4-7-13(11-16)17-15(18)10-12-6-5-8-14(9-12)19-2;/h5-6,8-9,13H,3-4,7,10-11,16H2,1-2H3,(H,17,18);1H. The summed E-state index contributed by atoms with van der Waals surface area (Å²) >= 11 is 0. The molecule has 1 atom stereocenters. The van der Waals surface area contributed by atoms with E-state index in [0.29, 0.717) is 13.0 Å². The Balaban J connectivity index is 0.00000361. The van der Waals surface area contributed by atoms with Gasteiger partial charge in [-0.2, -0.15) is 0 Å². The van der Waals surface area contributed by atoms with Crippen LogP contribution in [-0.4, -0.2) is 25.6 Å². The summed E-state index contributed by atoms with van der Waals surface area (Å²) in [6.45, 7) is 2.62. The smallest absolute Gasteiger partial charge is 0.224 e. The highest BCUT2D eigenvalue weighted by atomic mass is 35.5. The van der Waals surface area contributed by atoms with Gasteiger partial charge in [-0.15, -0.1) is 12.4 Å². The molecule has 0 bridgehead atoms. The maximum absolute atomic E-state index is 11.9. The van der Waals surface area contributed by atoms with Gasteiger partial charge in [-0.1, -0.05) is 31.9 Å². The minimum atomic E-state index is 0. The summed E-state index contributed by atoms with van der Waals surface area (Å²) in [6.07, 6.45) is 3.50. The van der Waals surface area contributed by atoms with Gasteiger partial charge in [0, 0.05) is 12.6 Å². The van der Waals surface area contributed by atoms with Gasteiger partial charge >= 0.3 is 0 Å². The molecule has 0 fully saturated rings. The third-order valence-electron chi connectivity index (χ3n) is 3.05. The van der Waals surface area contributed by atoms with E-state index < -0.39 is 0 Å². The van der Waals surface area contributed by atoms with E-state index in [-0.39, 0.29) is 24.4 Å². The molecule has 1 rings (SSSR count). The zero-order valence-corrected chi connectivity index (χ0v) is 13.0. The summed E-state index contributed by atoms with van der Waals surface area (Å²) in [5.74, 6) is 0.784. The Morgan fingerprint density at radius 2 is 2.20 bits per heavy atom. The van der Waals surface area contributed by atoms with Crippen LogP contribution in [0.15, 0.2) is 24.3 Å². The van der Waals surface area contributed by atoms with E-state index in [4.69, 9.17) is 10.5 Å². The molecule has 4 nitrogen and oxygen atoms in total. The van der Waals surface area contributed by atoms with Crippen LogP contribution in [-0.2, 0) is 11.2 Å². The first kappa shape index (κ1) is 18.7. The number of halogens is 1. The molecule has 0 saturated heterocycles. The predicted octanol–water partition coefficient (Wildman–Crippen LogP) is 2.29. The lowest BCUT2D eigenvalue weighted by Crippen LogP contribution is -2.40. The van der Waals surface area contributed by atoms with Crippen molar-refractivity contribution >= 4 is 18.3 Å². The molecule has 1 unspecified atom stereocenters. The molecule has 20 heavy (non-hydrogen) atoms. The van der Waals surface area contributed by atoms with E-state index in [1.54, 1.807) is 7.11 Å².